The number of urea groups is 1. The normalized spacial score (nSPS) is 12.4. The molecule has 8 nitrogen and oxygen atoms in total. The third-order valence-corrected chi connectivity index (χ3v) is 4.30. The SMILES string of the molecule is CC(C)c1noc(-c2ccc(NC(=O)NCC(c3ccco3)N(C)C)cc2)n1. The van der Waals surface area contributed by atoms with Crippen LogP contribution in [0.15, 0.2) is 51.6 Å². The van der Waals surface area contributed by atoms with Gasteiger partial charge in [0.2, 0.25) is 0 Å². The third kappa shape index (κ3) is 4.77. The summed E-state index contributed by atoms with van der Waals surface area (Å²) in [6.07, 6.45) is 1.63. The summed E-state index contributed by atoms with van der Waals surface area (Å²) < 4.78 is 10.7. The first-order valence-electron chi connectivity index (χ1n) is 9.12. The molecule has 148 valence electrons. The molecule has 2 heterocycles. The second-order valence-electron chi connectivity index (χ2n) is 7.02. The predicted molar refractivity (Wildman–Crippen MR) is 106 cm³/mol. The lowest BCUT2D eigenvalue weighted by Crippen LogP contribution is -2.36. The van der Waals surface area contributed by atoms with Crippen molar-refractivity contribution in [2.45, 2.75) is 25.8 Å². The van der Waals surface area contributed by atoms with Crippen LogP contribution in [0.5, 0.6) is 0 Å². The van der Waals surface area contributed by atoms with Crippen molar-refractivity contribution in [1.82, 2.24) is 20.4 Å². The lowest BCUT2D eigenvalue weighted by molar-refractivity contribution is 0.233. The van der Waals surface area contributed by atoms with Gasteiger partial charge in [-0.15, -0.1) is 0 Å². The predicted octanol–water partition coefficient (Wildman–Crippen LogP) is 3.88. The molecule has 1 unspecified atom stereocenters. The van der Waals surface area contributed by atoms with Gasteiger partial charge in [-0.2, -0.15) is 4.98 Å². The summed E-state index contributed by atoms with van der Waals surface area (Å²) in [6.45, 7) is 4.43. The summed E-state index contributed by atoms with van der Waals surface area (Å²) in [4.78, 5) is 18.6. The lowest BCUT2D eigenvalue weighted by atomic mass is 10.2. The highest BCUT2D eigenvalue weighted by atomic mass is 16.5. The topological polar surface area (TPSA) is 96.4 Å². The number of amides is 2. The van der Waals surface area contributed by atoms with E-state index in [0.717, 1.165) is 11.3 Å². The third-order valence-electron chi connectivity index (χ3n) is 4.30. The van der Waals surface area contributed by atoms with E-state index in [1.165, 1.54) is 0 Å². The van der Waals surface area contributed by atoms with Crippen molar-refractivity contribution in [2.24, 2.45) is 0 Å². The number of carbonyl (C=O) groups excluding carboxylic acids is 1. The van der Waals surface area contributed by atoms with Crippen molar-refractivity contribution < 1.29 is 13.7 Å². The maximum atomic E-state index is 12.2. The summed E-state index contributed by atoms with van der Waals surface area (Å²) in [6, 6.07) is 10.7. The quantitative estimate of drug-likeness (QED) is 0.643. The van der Waals surface area contributed by atoms with Crippen molar-refractivity contribution in [3.8, 4) is 11.5 Å². The average Bonchev–Trinajstić information content (AvgIpc) is 3.34. The molecule has 8 heteroatoms. The highest BCUT2D eigenvalue weighted by Gasteiger charge is 2.18. The zero-order chi connectivity index (χ0) is 20.1. The lowest BCUT2D eigenvalue weighted by Gasteiger charge is -2.22. The van der Waals surface area contributed by atoms with Gasteiger partial charge >= 0.3 is 6.03 Å². The van der Waals surface area contributed by atoms with Gasteiger partial charge in [0, 0.05) is 23.7 Å². The van der Waals surface area contributed by atoms with Crippen LogP contribution in [0.1, 0.15) is 37.4 Å². The van der Waals surface area contributed by atoms with Gasteiger partial charge in [-0.3, -0.25) is 4.90 Å². The number of carbonyl (C=O) groups is 1. The Morgan fingerprint density at radius 3 is 2.50 bits per heavy atom. The van der Waals surface area contributed by atoms with E-state index in [0.29, 0.717) is 23.9 Å². The Morgan fingerprint density at radius 2 is 1.93 bits per heavy atom. The summed E-state index contributed by atoms with van der Waals surface area (Å²) in [5, 5.41) is 9.65. The molecule has 0 saturated carbocycles. The van der Waals surface area contributed by atoms with Gasteiger partial charge in [0.05, 0.1) is 12.3 Å². The molecule has 0 aliphatic rings. The largest absolute Gasteiger partial charge is 0.468 e. The smallest absolute Gasteiger partial charge is 0.319 e. The fourth-order valence-corrected chi connectivity index (χ4v) is 2.67. The molecule has 0 fully saturated rings. The fourth-order valence-electron chi connectivity index (χ4n) is 2.67. The number of hydrogen-bond donors (Lipinski definition) is 2. The van der Waals surface area contributed by atoms with Crippen molar-refractivity contribution in [3.05, 3.63) is 54.2 Å². The van der Waals surface area contributed by atoms with Gasteiger partial charge in [-0.1, -0.05) is 19.0 Å². The zero-order valence-electron chi connectivity index (χ0n) is 16.5. The maximum absolute atomic E-state index is 12.2. The molecule has 1 aromatic carbocycles. The monoisotopic (exact) mass is 383 g/mol. The second-order valence-corrected chi connectivity index (χ2v) is 7.02. The molecule has 0 spiro atoms. The van der Waals surface area contributed by atoms with Gasteiger partial charge in [0.25, 0.3) is 5.89 Å². The summed E-state index contributed by atoms with van der Waals surface area (Å²) in [5.74, 6) is 2.14. The van der Waals surface area contributed by atoms with Gasteiger partial charge in [-0.05, 0) is 50.5 Å². The number of rotatable bonds is 7. The van der Waals surface area contributed by atoms with E-state index in [2.05, 4.69) is 20.8 Å². The zero-order valence-corrected chi connectivity index (χ0v) is 16.5. The van der Waals surface area contributed by atoms with E-state index < -0.39 is 0 Å². The van der Waals surface area contributed by atoms with Crippen LogP contribution in [0.25, 0.3) is 11.5 Å². The molecule has 0 aliphatic heterocycles. The molecule has 0 radical (unpaired) electrons. The van der Waals surface area contributed by atoms with Gasteiger partial charge in [-0.25, -0.2) is 4.79 Å². The molecular formula is C20H25N5O3. The Morgan fingerprint density at radius 1 is 1.18 bits per heavy atom. The summed E-state index contributed by atoms with van der Waals surface area (Å²) in [7, 11) is 3.88. The minimum absolute atomic E-state index is 0.0456. The first-order valence-corrected chi connectivity index (χ1v) is 9.12. The number of nitrogens with zero attached hydrogens (tertiary/aromatic N) is 3. The van der Waals surface area contributed by atoms with E-state index in [1.54, 1.807) is 18.4 Å². The van der Waals surface area contributed by atoms with Crippen LogP contribution in [-0.4, -0.2) is 41.7 Å². The molecule has 1 atom stereocenters. The van der Waals surface area contributed by atoms with Gasteiger partial charge < -0.3 is 19.6 Å². The second kappa shape index (κ2) is 8.71. The van der Waals surface area contributed by atoms with E-state index >= 15 is 0 Å². The number of hydrogen-bond acceptors (Lipinski definition) is 6. The highest BCUT2D eigenvalue weighted by Crippen LogP contribution is 2.22. The molecule has 0 saturated heterocycles. The highest BCUT2D eigenvalue weighted by molar-refractivity contribution is 5.89. The molecule has 0 aliphatic carbocycles. The van der Waals surface area contributed by atoms with E-state index in [9.17, 15) is 4.79 Å². The molecule has 2 N–H and O–H groups in total. The Bertz CT molecular complexity index is 885. The van der Waals surface area contributed by atoms with E-state index in [1.807, 2.05) is 57.1 Å². The van der Waals surface area contributed by atoms with Gasteiger partial charge in [0.1, 0.15) is 5.76 Å². The Balaban J connectivity index is 1.56. The van der Waals surface area contributed by atoms with Crippen LogP contribution in [0.3, 0.4) is 0 Å². The van der Waals surface area contributed by atoms with E-state index in [-0.39, 0.29) is 18.0 Å². The van der Waals surface area contributed by atoms with Crippen LogP contribution in [0.2, 0.25) is 0 Å². The average molecular weight is 383 g/mol. The molecule has 3 aromatic rings. The molecule has 2 aromatic heterocycles. The van der Waals surface area contributed by atoms with Crippen LogP contribution in [0, 0.1) is 0 Å². The molecular weight excluding hydrogens is 358 g/mol. The van der Waals surface area contributed by atoms with Crippen LogP contribution in [-0.2, 0) is 0 Å². The molecule has 0 bridgehead atoms. The first kappa shape index (κ1) is 19.6. The Kier molecular flexibility index (Phi) is 6.10. The molecule has 3 rings (SSSR count). The number of likely N-dealkylation sites (N-methyl/N-ethyl adjacent to an activating group) is 1. The van der Waals surface area contributed by atoms with Crippen molar-refractivity contribution in [3.63, 3.8) is 0 Å². The number of benzene rings is 1. The molecule has 28 heavy (non-hydrogen) atoms. The van der Waals surface area contributed by atoms with Crippen molar-refractivity contribution in [1.29, 1.82) is 0 Å². The fraction of sp³-hybridized carbons (Fsp3) is 0.350. The first-order chi connectivity index (χ1) is 13.4. The van der Waals surface area contributed by atoms with Crippen LogP contribution < -0.4 is 10.6 Å². The van der Waals surface area contributed by atoms with Crippen molar-refractivity contribution >= 4 is 11.7 Å². The van der Waals surface area contributed by atoms with E-state index in [4.69, 9.17) is 8.94 Å². The Labute approximate surface area is 163 Å². The number of furan rings is 1. The number of nitrogens with one attached hydrogen (secondary N) is 2. The summed E-state index contributed by atoms with van der Waals surface area (Å²) >= 11 is 0. The number of anilines is 1. The van der Waals surface area contributed by atoms with Crippen molar-refractivity contribution in [2.75, 3.05) is 26.0 Å². The van der Waals surface area contributed by atoms with Crippen LogP contribution >= 0.6 is 0 Å². The summed E-state index contributed by atoms with van der Waals surface area (Å²) in [5.41, 5.74) is 1.47. The molecule has 2 amide bonds. The minimum Gasteiger partial charge on any atom is -0.468 e. The maximum Gasteiger partial charge on any atom is 0.319 e. The number of aromatic nitrogens is 2. The van der Waals surface area contributed by atoms with Gasteiger partial charge in [0.15, 0.2) is 5.82 Å². The standard InChI is InChI=1S/C20H25N5O3/c1-13(2)18-23-19(28-24-18)14-7-9-15(10-8-14)22-20(26)21-12-16(25(3)4)17-6-5-11-27-17/h5-11,13,16H,12H2,1-4H3,(H2,21,22,26). The van der Waals surface area contributed by atoms with Crippen LogP contribution in [0.4, 0.5) is 10.5 Å². The Hall–Kier alpha value is -3.13. The minimum atomic E-state index is -0.286.